The molecule has 28 heavy (non-hydrogen) atoms. The number of rotatable bonds is 8. The minimum Gasteiger partial charge on any atom is -0.491 e. The monoisotopic (exact) mass is 390 g/mol. The molecule has 7 heteroatoms. The molecule has 2 heterocycles. The van der Waals surface area contributed by atoms with E-state index in [0.29, 0.717) is 29.5 Å². The molecule has 1 aromatic rings. The first-order chi connectivity index (χ1) is 13.2. The Hall–Kier alpha value is -1.89. The fourth-order valence-corrected chi connectivity index (χ4v) is 4.29. The number of carbonyl (C=O) groups excluding carboxylic acids is 1. The molecule has 3 rings (SSSR count). The molecule has 1 amide bonds. The molecule has 7 nitrogen and oxygen atoms in total. The van der Waals surface area contributed by atoms with Crippen LogP contribution in [0, 0.1) is 5.92 Å². The molecule has 1 aliphatic carbocycles. The van der Waals surface area contributed by atoms with Gasteiger partial charge in [-0.1, -0.05) is 34.6 Å². The van der Waals surface area contributed by atoms with Gasteiger partial charge in [0.15, 0.2) is 0 Å². The van der Waals surface area contributed by atoms with Crippen molar-refractivity contribution in [1.82, 2.24) is 20.0 Å². The molecule has 0 unspecified atom stereocenters. The summed E-state index contributed by atoms with van der Waals surface area (Å²) >= 11 is 0. The van der Waals surface area contributed by atoms with E-state index in [1.54, 1.807) is 0 Å². The maximum Gasteiger partial charge on any atom is 0.270 e. The van der Waals surface area contributed by atoms with Gasteiger partial charge in [0, 0.05) is 30.1 Å². The lowest BCUT2D eigenvalue weighted by molar-refractivity contribution is -0.128. The number of aromatic nitrogens is 2. The number of nitrogens with zero attached hydrogens (tertiary/aromatic N) is 3. The molecule has 1 aromatic heterocycles. The molecule has 0 aromatic carbocycles. The van der Waals surface area contributed by atoms with Crippen LogP contribution < -0.4 is 15.6 Å². The summed E-state index contributed by atoms with van der Waals surface area (Å²) in [6.45, 7) is 13.0. The van der Waals surface area contributed by atoms with E-state index >= 15 is 0 Å². The third-order valence-corrected chi connectivity index (χ3v) is 5.92. The zero-order valence-electron chi connectivity index (χ0n) is 17.8. The normalized spacial score (nSPS) is 24.3. The van der Waals surface area contributed by atoms with E-state index in [0.717, 1.165) is 19.4 Å². The van der Waals surface area contributed by atoms with Crippen LogP contribution in [0.3, 0.4) is 0 Å². The second-order valence-corrected chi connectivity index (χ2v) is 8.98. The Balaban J connectivity index is 1.61. The maximum atomic E-state index is 12.5. The van der Waals surface area contributed by atoms with Gasteiger partial charge in [0.2, 0.25) is 5.91 Å². The summed E-state index contributed by atoms with van der Waals surface area (Å²) in [4.78, 5) is 27.4. The minimum absolute atomic E-state index is 0.0516. The van der Waals surface area contributed by atoms with Crippen molar-refractivity contribution in [3.63, 3.8) is 0 Å². The van der Waals surface area contributed by atoms with Crippen LogP contribution in [0.1, 0.15) is 65.5 Å². The highest BCUT2D eigenvalue weighted by Gasteiger charge is 2.53. The summed E-state index contributed by atoms with van der Waals surface area (Å²) in [7, 11) is 0. The number of hydrogen-bond acceptors (Lipinski definition) is 5. The summed E-state index contributed by atoms with van der Waals surface area (Å²) in [6.07, 6.45) is 3.24. The molecular formula is C21H34N4O3. The van der Waals surface area contributed by atoms with Crippen LogP contribution in [0.2, 0.25) is 0 Å². The molecular weight excluding hydrogens is 356 g/mol. The first-order valence-corrected chi connectivity index (χ1v) is 10.5. The van der Waals surface area contributed by atoms with E-state index in [1.807, 2.05) is 13.8 Å². The van der Waals surface area contributed by atoms with Gasteiger partial charge in [0.05, 0.1) is 6.61 Å². The first-order valence-electron chi connectivity index (χ1n) is 10.5. The van der Waals surface area contributed by atoms with Crippen LogP contribution in [-0.2, 0) is 11.3 Å². The third-order valence-electron chi connectivity index (χ3n) is 5.92. The van der Waals surface area contributed by atoms with Gasteiger partial charge in [0.25, 0.3) is 5.56 Å². The molecule has 1 aliphatic heterocycles. The van der Waals surface area contributed by atoms with E-state index in [-0.39, 0.29) is 30.0 Å². The number of nitrogens with one attached hydrogen (secondary N) is 1. The average molecular weight is 391 g/mol. The van der Waals surface area contributed by atoms with Gasteiger partial charge >= 0.3 is 0 Å². The highest BCUT2D eigenvalue weighted by Crippen LogP contribution is 2.46. The van der Waals surface area contributed by atoms with Crippen molar-refractivity contribution in [3.05, 3.63) is 22.1 Å². The van der Waals surface area contributed by atoms with Gasteiger partial charge in [-0.05, 0) is 31.7 Å². The van der Waals surface area contributed by atoms with E-state index in [9.17, 15) is 9.59 Å². The average Bonchev–Trinajstić information content (AvgIpc) is 2.56. The Morgan fingerprint density at radius 2 is 2.07 bits per heavy atom. The lowest BCUT2D eigenvalue weighted by Gasteiger charge is -2.61. The second kappa shape index (κ2) is 8.23. The minimum atomic E-state index is -0.306. The lowest BCUT2D eigenvalue weighted by atomic mass is 9.64. The van der Waals surface area contributed by atoms with Crippen LogP contribution >= 0.6 is 0 Å². The Morgan fingerprint density at radius 1 is 1.36 bits per heavy atom. The van der Waals surface area contributed by atoms with Crippen LogP contribution in [0.5, 0.6) is 5.75 Å². The molecule has 2 aliphatic rings. The summed E-state index contributed by atoms with van der Waals surface area (Å²) < 4.78 is 7.03. The Kier molecular flexibility index (Phi) is 6.12. The fourth-order valence-electron chi connectivity index (χ4n) is 4.29. The first kappa shape index (κ1) is 20.8. The third kappa shape index (κ3) is 4.24. The maximum absolute atomic E-state index is 12.5. The number of likely N-dealkylation sites (tertiary alicyclic amines) is 1. The highest BCUT2D eigenvalue weighted by molar-refractivity contribution is 5.76. The van der Waals surface area contributed by atoms with Crippen LogP contribution in [0.15, 0.2) is 10.9 Å². The van der Waals surface area contributed by atoms with Crippen molar-refractivity contribution in [2.75, 3.05) is 19.7 Å². The molecule has 1 N–H and O–H groups in total. The summed E-state index contributed by atoms with van der Waals surface area (Å²) in [6, 6.07) is 1.67. The van der Waals surface area contributed by atoms with Crippen LogP contribution in [-0.4, -0.2) is 51.9 Å². The number of carbonyl (C=O) groups is 1. The molecule has 1 saturated carbocycles. The van der Waals surface area contributed by atoms with Gasteiger partial charge in [0.1, 0.15) is 18.0 Å². The van der Waals surface area contributed by atoms with E-state index in [2.05, 4.69) is 36.1 Å². The lowest BCUT2D eigenvalue weighted by Crippen LogP contribution is -2.70. The van der Waals surface area contributed by atoms with Crippen molar-refractivity contribution < 1.29 is 9.53 Å². The van der Waals surface area contributed by atoms with E-state index < -0.39 is 0 Å². The van der Waals surface area contributed by atoms with Gasteiger partial charge in [-0.25, -0.2) is 4.68 Å². The quantitative estimate of drug-likeness (QED) is 0.736. The van der Waals surface area contributed by atoms with E-state index in [1.165, 1.54) is 23.7 Å². The zero-order valence-corrected chi connectivity index (χ0v) is 17.8. The number of amides is 1. The van der Waals surface area contributed by atoms with Gasteiger partial charge in [-0.2, -0.15) is 5.10 Å². The molecule has 2 fully saturated rings. The molecule has 1 spiro atoms. The van der Waals surface area contributed by atoms with Crippen molar-refractivity contribution in [1.29, 1.82) is 0 Å². The SMILES string of the molecule is CCN1CCC12CC(NC(=O)Cn1nc(C(C)C)c(OCC(C)C)cc1=O)C2. The van der Waals surface area contributed by atoms with Crippen molar-refractivity contribution in [2.45, 2.75) is 77.9 Å². The zero-order chi connectivity index (χ0) is 20.5. The number of hydrogen-bond donors (Lipinski definition) is 1. The topological polar surface area (TPSA) is 76.5 Å². The number of ether oxygens (including phenoxy) is 1. The molecule has 156 valence electrons. The Bertz CT molecular complexity index is 763. The predicted molar refractivity (Wildman–Crippen MR) is 109 cm³/mol. The molecule has 1 saturated heterocycles. The van der Waals surface area contributed by atoms with Crippen molar-refractivity contribution in [2.24, 2.45) is 5.92 Å². The predicted octanol–water partition coefficient (Wildman–Crippen LogP) is 2.14. The van der Waals surface area contributed by atoms with Crippen molar-refractivity contribution >= 4 is 5.91 Å². The largest absolute Gasteiger partial charge is 0.491 e. The highest BCUT2D eigenvalue weighted by atomic mass is 16.5. The van der Waals surface area contributed by atoms with E-state index in [4.69, 9.17) is 4.74 Å². The molecule has 0 bridgehead atoms. The summed E-state index contributed by atoms with van der Waals surface area (Å²) in [5.41, 5.74) is 0.727. The van der Waals surface area contributed by atoms with Gasteiger partial charge in [-0.15, -0.1) is 0 Å². The van der Waals surface area contributed by atoms with Crippen LogP contribution in [0.4, 0.5) is 0 Å². The molecule has 0 atom stereocenters. The van der Waals surface area contributed by atoms with Gasteiger partial charge in [-0.3, -0.25) is 14.5 Å². The van der Waals surface area contributed by atoms with Crippen LogP contribution in [0.25, 0.3) is 0 Å². The summed E-state index contributed by atoms with van der Waals surface area (Å²) in [5, 5.41) is 7.50. The second-order valence-electron chi connectivity index (χ2n) is 8.98. The smallest absolute Gasteiger partial charge is 0.270 e. The van der Waals surface area contributed by atoms with Crippen molar-refractivity contribution in [3.8, 4) is 5.75 Å². The Morgan fingerprint density at radius 3 is 2.61 bits per heavy atom. The molecule has 0 radical (unpaired) electrons. The standard InChI is InChI=1S/C21H34N4O3/c1-6-24-8-7-21(24)10-16(11-21)22-18(26)12-25-19(27)9-17(28-13-14(2)3)20(23-25)15(4)5/h9,14-16H,6-8,10-13H2,1-5H3,(H,22,26). The fraction of sp³-hybridized carbons (Fsp3) is 0.762. The van der Waals surface area contributed by atoms with Gasteiger partial charge < -0.3 is 10.1 Å². The Labute approximate surface area is 167 Å². The summed E-state index contributed by atoms with van der Waals surface area (Å²) in [5.74, 6) is 0.832.